The fraction of sp³-hybridized carbons (Fsp3) is 0. The number of benzene rings is 3. The molecule has 0 aliphatic carbocycles. The molecule has 9 nitrogen and oxygen atoms in total. The third-order valence-electron chi connectivity index (χ3n) is 3.25. The van der Waals surface area contributed by atoms with Crippen LogP contribution in [0.1, 0.15) is 0 Å². The predicted octanol–water partition coefficient (Wildman–Crippen LogP) is 3.35. The fourth-order valence-corrected chi connectivity index (χ4v) is 4.18. The first kappa shape index (κ1) is 33.1. The molecular weight excluding hydrogens is 678 g/mol. The number of hydrogen-bond acceptors (Lipinski definition) is 9. The third-order valence-corrected chi connectivity index (χ3v) is 6.45. The minimum Gasteiger partial charge on any atom is -0.744 e. The minimum absolute atomic E-state index is 0. The Morgan fingerprint density at radius 1 is 0.471 bits per heavy atom. The van der Waals surface area contributed by atoms with Crippen LogP contribution in [-0.4, -0.2) is 64.8 Å². The largest absolute Gasteiger partial charge is 3.00 e. The zero-order chi connectivity index (χ0) is 25.4. The molecule has 0 aliphatic rings. The molecule has 0 bridgehead atoms. The first-order chi connectivity index (χ1) is 15.0. The van der Waals surface area contributed by atoms with Crippen LogP contribution >= 0.6 is 34.8 Å². The van der Waals surface area contributed by atoms with Gasteiger partial charge in [0, 0.05) is 15.1 Å². The topological polar surface area (TPSA) is 172 Å². The van der Waals surface area contributed by atoms with Crippen LogP contribution < -0.4 is 0 Å². The van der Waals surface area contributed by atoms with E-state index in [0.29, 0.717) is 0 Å². The maximum atomic E-state index is 10.4. The normalized spacial score (nSPS) is 11.1. The second kappa shape index (κ2) is 14.0. The standard InChI is InChI=1S/3C6H5ClO3S.In/c3*7-5-2-1-3-6(4-5)11(8,9)10;/h3*1-4H,(H,8,9,10);/q;;;+3/p-3. The van der Waals surface area contributed by atoms with Crippen LogP contribution in [0.5, 0.6) is 0 Å². The summed E-state index contributed by atoms with van der Waals surface area (Å²) in [5, 5.41) is 0.714. The zero-order valence-electron chi connectivity index (χ0n) is 16.5. The Morgan fingerprint density at radius 3 is 0.794 bits per heavy atom. The Bertz CT molecular complexity index is 1250. The SMILES string of the molecule is O=S(=O)([O-])c1cccc(Cl)c1.O=S(=O)([O-])c1cccc(Cl)c1.O=S(=O)([O-])c1cccc(Cl)c1.[In+3]. The van der Waals surface area contributed by atoms with Crippen molar-refractivity contribution in [3.8, 4) is 0 Å². The Hall–Kier alpha value is -0.870. The van der Waals surface area contributed by atoms with Crippen molar-refractivity contribution in [2.24, 2.45) is 0 Å². The summed E-state index contributed by atoms with van der Waals surface area (Å²) in [7, 11) is -13.1. The Labute approximate surface area is 230 Å². The molecule has 0 fully saturated rings. The molecule has 0 saturated carbocycles. The van der Waals surface area contributed by atoms with Gasteiger partial charge in [0.25, 0.3) is 0 Å². The average Bonchev–Trinajstić information content (AvgIpc) is 2.67. The van der Waals surface area contributed by atoms with Gasteiger partial charge in [-0.25, -0.2) is 25.3 Å². The van der Waals surface area contributed by atoms with Gasteiger partial charge in [0.2, 0.25) is 0 Å². The molecule has 0 saturated heterocycles. The summed E-state index contributed by atoms with van der Waals surface area (Å²) < 4.78 is 93.3. The molecule has 0 spiro atoms. The molecule has 0 amide bonds. The molecule has 34 heavy (non-hydrogen) atoms. The monoisotopic (exact) mass is 688 g/mol. The van der Waals surface area contributed by atoms with Gasteiger partial charge < -0.3 is 13.7 Å². The third kappa shape index (κ3) is 12.7. The van der Waals surface area contributed by atoms with Gasteiger partial charge in [0.15, 0.2) is 0 Å². The summed E-state index contributed by atoms with van der Waals surface area (Å²) in [4.78, 5) is -0.903. The van der Waals surface area contributed by atoms with Crippen LogP contribution in [0, 0.1) is 0 Å². The van der Waals surface area contributed by atoms with Gasteiger partial charge in [-0.15, -0.1) is 0 Å². The van der Waals surface area contributed by atoms with E-state index in [-0.39, 0.29) is 55.6 Å². The minimum atomic E-state index is -4.36. The van der Waals surface area contributed by atoms with E-state index in [9.17, 15) is 38.9 Å². The molecular formula is C18H12Cl3InO9S3. The van der Waals surface area contributed by atoms with E-state index in [1.807, 2.05) is 0 Å². The summed E-state index contributed by atoms with van der Waals surface area (Å²) >= 11 is 16.3. The first-order valence-electron chi connectivity index (χ1n) is 8.14. The van der Waals surface area contributed by atoms with Crippen molar-refractivity contribution in [2.75, 3.05) is 0 Å². The van der Waals surface area contributed by atoms with Gasteiger partial charge in [-0.05, 0) is 54.6 Å². The predicted molar refractivity (Wildman–Crippen MR) is 124 cm³/mol. The molecule has 0 aromatic heterocycles. The van der Waals surface area contributed by atoms with Crippen molar-refractivity contribution >= 4 is 91.0 Å². The van der Waals surface area contributed by atoms with Crippen molar-refractivity contribution < 1.29 is 38.9 Å². The summed E-state index contributed by atoms with van der Waals surface area (Å²) in [6, 6.07) is 15.7. The fourth-order valence-electron chi connectivity index (χ4n) is 1.87. The number of halogens is 3. The Morgan fingerprint density at radius 2 is 0.676 bits per heavy atom. The van der Waals surface area contributed by atoms with E-state index < -0.39 is 30.4 Å². The van der Waals surface area contributed by atoms with E-state index >= 15 is 0 Å². The van der Waals surface area contributed by atoms with Crippen LogP contribution in [0.25, 0.3) is 0 Å². The summed E-state index contributed by atoms with van der Waals surface area (Å²) in [6.45, 7) is 0. The zero-order valence-corrected chi connectivity index (χ0v) is 24.6. The number of rotatable bonds is 3. The first-order valence-corrected chi connectivity index (χ1v) is 13.5. The molecule has 3 rings (SSSR count). The molecule has 3 aromatic carbocycles. The second-order valence-electron chi connectivity index (χ2n) is 5.73. The Balaban J connectivity index is 0.000000473. The van der Waals surface area contributed by atoms with E-state index in [0.717, 1.165) is 18.2 Å². The molecule has 16 heteroatoms. The van der Waals surface area contributed by atoms with Crippen molar-refractivity contribution in [1.82, 2.24) is 0 Å². The van der Waals surface area contributed by atoms with Gasteiger partial charge in [0.05, 0.1) is 14.7 Å². The van der Waals surface area contributed by atoms with Crippen molar-refractivity contribution in [3.05, 3.63) is 87.9 Å². The van der Waals surface area contributed by atoms with Crippen molar-refractivity contribution in [3.63, 3.8) is 0 Å². The second-order valence-corrected chi connectivity index (χ2v) is 11.2. The van der Waals surface area contributed by atoms with Crippen molar-refractivity contribution in [1.29, 1.82) is 0 Å². The maximum absolute atomic E-state index is 10.4. The molecule has 0 unspecified atom stereocenters. The average molecular weight is 690 g/mol. The van der Waals surface area contributed by atoms with Crippen LogP contribution in [0.3, 0.4) is 0 Å². The maximum Gasteiger partial charge on any atom is 3.00 e. The smallest absolute Gasteiger partial charge is 0.744 e. The summed E-state index contributed by atoms with van der Waals surface area (Å²) in [5.74, 6) is 0. The van der Waals surface area contributed by atoms with Crippen molar-refractivity contribution in [2.45, 2.75) is 14.7 Å². The van der Waals surface area contributed by atoms with Gasteiger partial charge in [-0.1, -0.05) is 53.0 Å². The molecule has 0 N–H and O–H groups in total. The molecule has 0 heterocycles. The van der Waals surface area contributed by atoms with Crippen LogP contribution in [0.4, 0.5) is 0 Å². The van der Waals surface area contributed by atoms with Crippen LogP contribution in [0.15, 0.2) is 87.5 Å². The van der Waals surface area contributed by atoms with Crippen LogP contribution in [0.2, 0.25) is 15.1 Å². The van der Waals surface area contributed by atoms with Crippen LogP contribution in [-0.2, 0) is 30.4 Å². The van der Waals surface area contributed by atoms with E-state index in [4.69, 9.17) is 34.8 Å². The van der Waals surface area contributed by atoms with E-state index in [1.54, 1.807) is 0 Å². The van der Waals surface area contributed by atoms with E-state index in [2.05, 4.69) is 0 Å². The number of hydrogen-bond donors (Lipinski definition) is 0. The molecule has 3 aromatic rings. The quantitative estimate of drug-likeness (QED) is 0.374. The summed E-state index contributed by atoms with van der Waals surface area (Å²) in [6.07, 6.45) is 0. The molecule has 0 aliphatic heterocycles. The molecule has 180 valence electrons. The van der Waals surface area contributed by atoms with Gasteiger partial charge in [-0.2, -0.15) is 0 Å². The van der Waals surface area contributed by atoms with Gasteiger partial charge in [0.1, 0.15) is 30.4 Å². The summed E-state index contributed by atoms with van der Waals surface area (Å²) in [5.41, 5.74) is 0. The Kier molecular flexibility index (Phi) is 13.7. The molecule has 0 radical (unpaired) electrons. The van der Waals surface area contributed by atoms with Gasteiger partial charge in [-0.3, -0.25) is 0 Å². The molecule has 0 atom stereocenters. The van der Waals surface area contributed by atoms with E-state index in [1.165, 1.54) is 54.6 Å². The van der Waals surface area contributed by atoms with Gasteiger partial charge >= 0.3 is 25.8 Å².